The number of carbonyl (C=O) groups excluding carboxylic acids is 2. The maximum absolute atomic E-state index is 12.6. The van der Waals surface area contributed by atoms with Gasteiger partial charge in [0.1, 0.15) is 5.57 Å². The van der Waals surface area contributed by atoms with Gasteiger partial charge in [-0.05, 0) is 48.1 Å². The number of carbonyl (C=O) groups is 2. The first-order valence-electron chi connectivity index (χ1n) is 8.72. The van der Waals surface area contributed by atoms with Crippen LogP contribution in [0, 0.1) is 0 Å². The molecule has 2 amide bonds. The molecule has 0 radical (unpaired) electrons. The van der Waals surface area contributed by atoms with E-state index < -0.39 is 11.8 Å². The predicted molar refractivity (Wildman–Crippen MR) is 122 cm³/mol. The first-order valence-corrected chi connectivity index (χ1v) is 10.3. The Morgan fingerprint density at radius 3 is 2.72 bits per heavy atom. The maximum Gasteiger partial charge on any atom is 0.265 e. The zero-order valence-electron chi connectivity index (χ0n) is 15.3. The largest absolute Gasteiger partial charge is 0.342 e. The molecule has 1 fully saturated rings. The topological polar surface area (TPSA) is 54.3 Å². The first kappa shape index (κ1) is 19.8. The predicted octanol–water partition coefficient (Wildman–Crippen LogP) is 4.36. The number of thiocarbonyl (C=S) groups is 1. The molecule has 1 N–H and O–H groups in total. The third-order valence-electron chi connectivity index (χ3n) is 4.78. The summed E-state index contributed by atoms with van der Waals surface area (Å²) in [5.74, 6) is -0.930. The van der Waals surface area contributed by atoms with Gasteiger partial charge in [0.15, 0.2) is 5.11 Å². The molecule has 0 spiro atoms. The van der Waals surface area contributed by atoms with Crippen LogP contribution in [0.1, 0.15) is 11.1 Å². The molecule has 1 aliphatic heterocycles. The van der Waals surface area contributed by atoms with E-state index in [4.69, 9.17) is 23.8 Å². The number of hydrogen-bond acceptors (Lipinski definition) is 3. The van der Waals surface area contributed by atoms with Crippen LogP contribution in [0.15, 0.2) is 58.7 Å². The van der Waals surface area contributed by atoms with Crippen LogP contribution in [-0.4, -0.2) is 33.4 Å². The second kappa shape index (κ2) is 7.74. The summed E-state index contributed by atoms with van der Waals surface area (Å²) >= 11 is 14.8. The number of fused-ring (bicyclic) bond motifs is 1. The highest BCUT2D eigenvalue weighted by Gasteiger charge is 2.31. The van der Waals surface area contributed by atoms with Crippen LogP contribution in [0.3, 0.4) is 0 Å². The van der Waals surface area contributed by atoms with Crippen molar-refractivity contribution in [3.8, 4) is 0 Å². The van der Waals surface area contributed by atoms with E-state index >= 15 is 0 Å². The molecule has 0 aliphatic carbocycles. The number of rotatable bonds is 3. The molecule has 0 saturated carbocycles. The zero-order valence-corrected chi connectivity index (χ0v) is 18.4. The van der Waals surface area contributed by atoms with Crippen LogP contribution in [0.2, 0.25) is 5.02 Å². The zero-order chi connectivity index (χ0) is 20.7. The molecule has 146 valence electrons. The molecule has 1 aliphatic rings. The van der Waals surface area contributed by atoms with Crippen molar-refractivity contribution in [3.05, 3.63) is 74.9 Å². The van der Waals surface area contributed by atoms with E-state index in [2.05, 4.69) is 25.8 Å². The van der Waals surface area contributed by atoms with Crippen molar-refractivity contribution < 1.29 is 9.59 Å². The van der Waals surface area contributed by atoms with E-state index in [1.807, 2.05) is 48.7 Å². The van der Waals surface area contributed by atoms with Crippen molar-refractivity contribution in [3.63, 3.8) is 0 Å². The molecule has 3 aromatic rings. The van der Waals surface area contributed by atoms with E-state index in [0.717, 1.165) is 26.5 Å². The second-order valence-electron chi connectivity index (χ2n) is 6.65. The fraction of sp³-hybridized carbons (Fsp3) is 0.0952. The van der Waals surface area contributed by atoms with Crippen molar-refractivity contribution >= 4 is 73.7 Å². The van der Waals surface area contributed by atoms with Crippen LogP contribution in [0.25, 0.3) is 17.0 Å². The highest BCUT2D eigenvalue weighted by molar-refractivity contribution is 9.10. The second-order valence-corrected chi connectivity index (χ2v) is 8.36. The van der Waals surface area contributed by atoms with Gasteiger partial charge in [-0.25, -0.2) is 0 Å². The molecule has 2 heterocycles. The maximum atomic E-state index is 12.6. The number of halogens is 2. The molecule has 8 heteroatoms. The lowest BCUT2D eigenvalue weighted by Crippen LogP contribution is -2.52. The smallest absolute Gasteiger partial charge is 0.265 e. The number of nitrogens with one attached hydrogen (secondary N) is 1. The molecule has 4 rings (SSSR count). The molecule has 0 atom stereocenters. The number of nitrogens with zero attached hydrogens (tertiary/aromatic N) is 2. The van der Waals surface area contributed by atoms with Gasteiger partial charge >= 0.3 is 0 Å². The van der Waals surface area contributed by atoms with Gasteiger partial charge in [0, 0.05) is 45.8 Å². The lowest BCUT2D eigenvalue weighted by molar-refractivity contribution is -0.128. The molecular formula is C21H15BrClN3O2S. The highest BCUT2D eigenvalue weighted by Crippen LogP contribution is 2.29. The molecule has 1 saturated heterocycles. The van der Waals surface area contributed by atoms with Gasteiger partial charge in [-0.1, -0.05) is 45.7 Å². The van der Waals surface area contributed by atoms with Gasteiger partial charge in [-0.3, -0.25) is 19.8 Å². The Morgan fingerprint density at radius 1 is 1.21 bits per heavy atom. The molecule has 1 aromatic heterocycles. The van der Waals surface area contributed by atoms with Crippen LogP contribution in [-0.2, 0) is 16.1 Å². The van der Waals surface area contributed by atoms with Gasteiger partial charge in [0.25, 0.3) is 11.8 Å². The van der Waals surface area contributed by atoms with E-state index in [9.17, 15) is 9.59 Å². The highest BCUT2D eigenvalue weighted by atomic mass is 79.9. The van der Waals surface area contributed by atoms with Crippen molar-refractivity contribution in [1.82, 2.24) is 14.8 Å². The van der Waals surface area contributed by atoms with Crippen molar-refractivity contribution in [2.45, 2.75) is 6.54 Å². The summed E-state index contributed by atoms with van der Waals surface area (Å²) in [6.45, 7) is 0.561. The molecule has 2 aromatic carbocycles. The minimum absolute atomic E-state index is 0.0397. The Bertz CT molecular complexity index is 1220. The van der Waals surface area contributed by atoms with Crippen LogP contribution in [0.4, 0.5) is 0 Å². The first-order chi connectivity index (χ1) is 13.8. The summed E-state index contributed by atoms with van der Waals surface area (Å²) < 4.78 is 2.95. The average molecular weight is 489 g/mol. The minimum Gasteiger partial charge on any atom is -0.342 e. The Kier molecular flexibility index (Phi) is 5.29. The lowest BCUT2D eigenvalue weighted by atomic mass is 10.1. The van der Waals surface area contributed by atoms with Gasteiger partial charge < -0.3 is 4.57 Å². The number of amides is 2. The van der Waals surface area contributed by atoms with Gasteiger partial charge in [-0.15, -0.1) is 0 Å². The SMILES string of the molecule is CN1C(=O)/C(=C\c2cn(Cc3ccccc3Cl)c3ccc(Br)cc23)C(=O)NC1=S. The molecule has 0 bridgehead atoms. The number of benzene rings is 2. The molecule has 29 heavy (non-hydrogen) atoms. The van der Waals surface area contributed by atoms with Gasteiger partial charge in [-0.2, -0.15) is 0 Å². The minimum atomic E-state index is -0.500. The lowest BCUT2D eigenvalue weighted by Gasteiger charge is -2.24. The average Bonchev–Trinajstić information content (AvgIpc) is 3.02. The fourth-order valence-corrected chi connectivity index (χ4v) is 3.99. The van der Waals surface area contributed by atoms with Crippen molar-refractivity contribution in [2.24, 2.45) is 0 Å². The van der Waals surface area contributed by atoms with Crippen LogP contribution < -0.4 is 5.32 Å². The molecular weight excluding hydrogens is 474 g/mol. The van der Waals surface area contributed by atoms with E-state index in [1.165, 1.54) is 11.9 Å². The van der Waals surface area contributed by atoms with Crippen molar-refractivity contribution in [1.29, 1.82) is 0 Å². The molecule has 5 nitrogen and oxygen atoms in total. The third-order valence-corrected chi connectivity index (χ3v) is 6.01. The summed E-state index contributed by atoms with van der Waals surface area (Å²) in [5.41, 5.74) is 2.74. The summed E-state index contributed by atoms with van der Waals surface area (Å²) in [5, 5.41) is 4.23. The Hall–Kier alpha value is -2.48. The monoisotopic (exact) mass is 487 g/mol. The van der Waals surface area contributed by atoms with E-state index in [0.29, 0.717) is 11.6 Å². The summed E-state index contributed by atoms with van der Waals surface area (Å²) in [6, 6.07) is 13.6. The van der Waals surface area contributed by atoms with Crippen molar-refractivity contribution in [2.75, 3.05) is 7.05 Å². The summed E-state index contributed by atoms with van der Waals surface area (Å²) in [4.78, 5) is 26.2. The van der Waals surface area contributed by atoms with Crippen LogP contribution in [0.5, 0.6) is 0 Å². The van der Waals surface area contributed by atoms with E-state index in [-0.39, 0.29) is 10.7 Å². The molecule has 0 unspecified atom stereocenters. The number of hydrogen-bond donors (Lipinski definition) is 1. The normalized spacial score (nSPS) is 16.0. The van der Waals surface area contributed by atoms with Gasteiger partial charge in [0.05, 0.1) is 0 Å². The Balaban J connectivity index is 1.84. The summed E-state index contributed by atoms with van der Waals surface area (Å²) in [7, 11) is 1.54. The third kappa shape index (κ3) is 3.73. The Labute approximate surface area is 186 Å². The fourth-order valence-electron chi connectivity index (χ4n) is 3.25. The Morgan fingerprint density at radius 2 is 1.97 bits per heavy atom. The van der Waals surface area contributed by atoms with Gasteiger partial charge in [0.2, 0.25) is 0 Å². The van der Waals surface area contributed by atoms with Crippen LogP contribution >= 0.6 is 39.7 Å². The standard InChI is InChI=1S/C21H15BrClN3O2S/c1-25-20(28)16(19(27)24-21(25)29)8-13-11-26(10-12-4-2-3-5-17(12)23)18-7-6-14(22)9-15(13)18/h2-9,11H,10H2,1H3,(H,24,27,29)/b16-8-. The van der Waals surface area contributed by atoms with E-state index in [1.54, 1.807) is 6.08 Å². The number of likely N-dealkylation sites (N-methyl/N-ethyl adjacent to an activating group) is 1. The quantitative estimate of drug-likeness (QED) is 0.339. The number of aromatic nitrogens is 1. The summed E-state index contributed by atoms with van der Waals surface area (Å²) in [6.07, 6.45) is 3.52.